The maximum Gasteiger partial charge on any atom is 0.421 e. The summed E-state index contributed by atoms with van der Waals surface area (Å²) in [5, 5.41) is 8.30. The van der Waals surface area contributed by atoms with Gasteiger partial charge in [-0.3, -0.25) is 0 Å². The average Bonchev–Trinajstić information content (AvgIpc) is 3.78. The van der Waals surface area contributed by atoms with E-state index in [0.717, 1.165) is 22.3 Å². The molecule has 0 spiro atoms. The van der Waals surface area contributed by atoms with Gasteiger partial charge in [0.25, 0.3) is 20.0 Å². The van der Waals surface area contributed by atoms with Crippen LogP contribution in [0.1, 0.15) is 11.5 Å². The van der Waals surface area contributed by atoms with Crippen LogP contribution in [0.4, 0.5) is 9.59 Å². The second kappa shape index (κ2) is 17.9. The lowest BCUT2D eigenvalue weighted by Crippen LogP contribution is -2.31. The lowest BCUT2D eigenvalue weighted by atomic mass is 10.00. The number of aryl methyl sites for hydroxylation is 2. The Hall–Kier alpha value is -5.56. The minimum absolute atomic E-state index is 0.103. The SMILES string of the molecule is Cc1onc(-c2ccc(S(=O)(=O)NC(=O)OCCSSCCOC(=O)NS(=O)(=O)c3ccc(-c4noc(C)c4-c4ccccc4)cc3)cc2)c1-c1ccccc1. The van der Waals surface area contributed by atoms with Gasteiger partial charge in [-0.2, -0.15) is 0 Å². The van der Waals surface area contributed by atoms with Crippen molar-refractivity contribution in [2.45, 2.75) is 23.6 Å². The van der Waals surface area contributed by atoms with Crippen LogP contribution in [0, 0.1) is 13.8 Å². The Balaban J connectivity index is 0.884. The molecule has 0 fully saturated rings. The number of sulfonamides is 2. The van der Waals surface area contributed by atoms with Gasteiger partial charge in [-0.1, -0.05) is 117 Å². The Bertz CT molecular complexity index is 2330. The smallest absolute Gasteiger partial charge is 0.421 e. The third-order valence-electron chi connectivity index (χ3n) is 8.04. The molecular weight excluding hydrogens is 801 g/mol. The van der Waals surface area contributed by atoms with Gasteiger partial charge in [-0.25, -0.2) is 35.9 Å². The summed E-state index contributed by atoms with van der Waals surface area (Å²) < 4.78 is 75.8. The van der Waals surface area contributed by atoms with Crippen LogP contribution >= 0.6 is 21.6 Å². The van der Waals surface area contributed by atoms with E-state index < -0.39 is 32.2 Å². The van der Waals surface area contributed by atoms with E-state index in [9.17, 15) is 26.4 Å². The molecule has 0 unspecified atom stereocenters. The molecule has 0 aliphatic rings. The van der Waals surface area contributed by atoms with E-state index >= 15 is 0 Å². The van der Waals surface area contributed by atoms with Crippen LogP contribution in [-0.4, -0.2) is 64.1 Å². The topological polar surface area (TPSA) is 197 Å². The second-order valence-corrected chi connectivity index (χ2v) is 17.9. The molecule has 6 rings (SSSR count). The number of carbonyl (C=O) groups is 2. The van der Waals surface area contributed by atoms with Gasteiger partial charge in [-0.05, 0) is 49.2 Å². The van der Waals surface area contributed by atoms with Crippen LogP contribution in [0.25, 0.3) is 44.8 Å². The van der Waals surface area contributed by atoms with Gasteiger partial charge >= 0.3 is 12.2 Å². The third-order valence-corrected chi connectivity index (χ3v) is 13.0. The zero-order valence-corrected chi connectivity index (χ0v) is 33.1. The number of amides is 2. The summed E-state index contributed by atoms with van der Waals surface area (Å²) in [6.07, 6.45) is -2.28. The van der Waals surface area contributed by atoms with Gasteiger partial charge in [0.15, 0.2) is 0 Å². The number of hydrogen-bond donors (Lipinski definition) is 2. The molecule has 56 heavy (non-hydrogen) atoms. The van der Waals surface area contributed by atoms with Gasteiger partial charge in [-0.15, -0.1) is 0 Å². The molecule has 290 valence electrons. The quantitative estimate of drug-likeness (QED) is 0.0749. The number of hydrogen-bond acceptors (Lipinski definition) is 14. The maximum absolute atomic E-state index is 12.8. The Morgan fingerprint density at radius 3 is 1.27 bits per heavy atom. The van der Waals surface area contributed by atoms with Gasteiger partial charge in [0.2, 0.25) is 0 Å². The number of nitrogens with zero attached hydrogens (tertiary/aromatic N) is 2. The van der Waals surface area contributed by atoms with Crippen molar-refractivity contribution in [1.82, 2.24) is 19.8 Å². The minimum Gasteiger partial charge on any atom is -0.448 e. The maximum atomic E-state index is 12.8. The van der Waals surface area contributed by atoms with Crippen molar-refractivity contribution in [3.05, 3.63) is 121 Å². The first-order valence-electron chi connectivity index (χ1n) is 16.8. The summed E-state index contributed by atoms with van der Waals surface area (Å²) in [4.78, 5) is 24.2. The van der Waals surface area contributed by atoms with E-state index in [-0.39, 0.29) is 23.0 Å². The number of carbonyl (C=O) groups excluding carboxylic acids is 2. The highest BCUT2D eigenvalue weighted by atomic mass is 33.1. The molecule has 0 bridgehead atoms. The Morgan fingerprint density at radius 1 is 0.554 bits per heavy atom. The summed E-state index contributed by atoms with van der Waals surface area (Å²) in [5.74, 6) is 1.83. The normalized spacial score (nSPS) is 11.5. The van der Waals surface area contributed by atoms with Crippen molar-refractivity contribution in [2.75, 3.05) is 24.7 Å². The number of benzene rings is 4. The molecular formula is C38H34N4O10S4. The van der Waals surface area contributed by atoms with Gasteiger partial charge in [0.1, 0.15) is 36.1 Å². The predicted molar refractivity (Wildman–Crippen MR) is 212 cm³/mol. The molecule has 2 amide bonds. The van der Waals surface area contributed by atoms with E-state index in [1.165, 1.54) is 45.9 Å². The van der Waals surface area contributed by atoms with E-state index in [2.05, 4.69) is 10.3 Å². The van der Waals surface area contributed by atoms with Crippen molar-refractivity contribution in [3.63, 3.8) is 0 Å². The van der Waals surface area contributed by atoms with Crippen LogP contribution in [0.15, 0.2) is 128 Å². The van der Waals surface area contributed by atoms with Crippen molar-refractivity contribution in [2.24, 2.45) is 0 Å². The standard InChI is InChI=1S/C38H34N4O10S4/c1-25-33(27-9-5-3-6-10-27)35(39-51-25)29-13-17-31(18-14-29)55(45,46)41-37(43)49-21-23-53-54-24-22-50-38(44)42-56(47,48)32-19-15-30(16-20-32)36-34(26(2)52-40-36)28-11-7-4-8-12-28/h3-20H,21-24H2,1-2H3,(H,41,43)(H,42,44). The Kier molecular flexibility index (Phi) is 12.8. The number of rotatable bonds is 15. The molecule has 14 nitrogen and oxygen atoms in total. The molecule has 0 aliphatic carbocycles. The number of aromatic nitrogens is 2. The summed E-state index contributed by atoms with van der Waals surface area (Å²) in [5.41, 5.74) is 5.76. The predicted octanol–water partition coefficient (Wildman–Crippen LogP) is 7.86. The molecule has 4 aromatic carbocycles. The number of ether oxygens (including phenoxy) is 2. The van der Waals surface area contributed by atoms with E-state index in [1.807, 2.05) is 70.1 Å². The van der Waals surface area contributed by atoms with Gasteiger partial charge < -0.3 is 18.5 Å². The molecule has 6 aromatic rings. The van der Waals surface area contributed by atoms with Crippen LogP contribution < -0.4 is 9.44 Å². The first kappa shape index (κ1) is 40.1. The van der Waals surface area contributed by atoms with E-state index in [1.54, 1.807) is 38.1 Å². The first-order valence-corrected chi connectivity index (χ1v) is 22.3. The van der Waals surface area contributed by atoms with Crippen LogP contribution in [-0.2, 0) is 29.5 Å². The highest BCUT2D eigenvalue weighted by Gasteiger charge is 2.23. The van der Waals surface area contributed by atoms with Crippen LogP contribution in [0.3, 0.4) is 0 Å². The van der Waals surface area contributed by atoms with Crippen LogP contribution in [0.2, 0.25) is 0 Å². The average molecular weight is 835 g/mol. The Labute approximate surface area is 330 Å². The van der Waals surface area contributed by atoms with Crippen molar-refractivity contribution in [1.29, 1.82) is 0 Å². The fourth-order valence-corrected chi connectivity index (χ4v) is 8.90. The summed E-state index contributed by atoms with van der Waals surface area (Å²) in [7, 11) is -5.88. The lowest BCUT2D eigenvalue weighted by molar-refractivity contribution is 0.158. The highest BCUT2D eigenvalue weighted by Crippen LogP contribution is 2.36. The molecule has 2 aromatic heterocycles. The zero-order chi connectivity index (χ0) is 39.7. The molecule has 0 radical (unpaired) electrons. The van der Waals surface area contributed by atoms with Gasteiger partial charge in [0.05, 0.1) is 20.9 Å². The summed E-state index contributed by atoms with van der Waals surface area (Å²) in [6.45, 7) is 3.38. The van der Waals surface area contributed by atoms with Crippen molar-refractivity contribution in [3.8, 4) is 44.8 Å². The molecule has 0 saturated heterocycles. The summed E-state index contributed by atoms with van der Waals surface area (Å²) in [6, 6.07) is 30.8. The molecule has 18 heteroatoms. The van der Waals surface area contributed by atoms with Crippen LogP contribution in [0.5, 0.6) is 0 Å². The lowest BCUT2D eigenvalue weighted by Gasteiger charge is -2.09. The monoisotopic (exact) mass is 834 g/mol. The summed E-state index contributed by atoms with van der Waals surface area (Å²) >= 11 is 0. The van der Waals surface area contributed by atoms with Crippen molar-refractivity contribution < 1.29 is 44.9 Å². The van der Waals surface area contributed by atoms with Crippen molar-refractivity contribution >= 4 is 53.8 Å². The zero-order valence-electron chi connectivity index (χ0n) is 29.8. The molecule has 0 saturated carbocycles. The largest absolute Gasteiger partial charge is 0.448 e. The Morgan fingerprint density at radius 2 is 0.911 bits per heavy atom. The fraction of sp³-hybridized carbons (Fsp3) is 0.158. The van der Waals surface area contributed by atoms with Gasteiger partial charge in [0, 0.05) is 22.6 Å². The molecule has 2 heterocycles. The van der Waals surface area contributed by atoms with E-state index in [0.29, 0.717) is 45.5 Å². The molecule has 0 aliphatic heterocycles. The molecule has 2 N–H and O–H groups in total. The highest BCUT2D eigenvalue weighted by molar-refractivity contribution is 8.76. The molecule has 0 atom stereocenters. The van der Waals surface area contributed by atoms with E-state index in [4.69, 9.17) is 18.5 Å². The minimum atomic E-state index is -4.22. The third kappa shape index (κ3) is 9.81. The fourth-order valence-electron chi connectivity index (χ4n) is 5.46. The number of nitrogens with one attached hydrogen (secondary N) is 2. The second-order valence-electron chi connectivity index (χ2n) is 11.8. The first-order chi connectivity index (χ1) is 26.9.